The quantitative estimate of drug-likeness (QED) is 0.637. The van der Waals surface area contributed by atoms with E-state index in [1.165, 1.54) is 25.7 Å². The summed E-state index contributed by atoms with van der Waals surface area (Å²) >= 11 is 0. The Bertz CT molecular complexity index is 152. The highest BCUT2D eigenvalue weighted by molar-refractivity contribution is 4.95. The van der Waals surface area contributed by atoms with E-state index in [1.54, 1.807) is 0 Å². The first kappa shape index (κ1) is 8.49. The van der Waals surface area contributed by atoms with Crippen molar-refractivity contribution < 1.29 is 4.39 Å². The monoisotopic (exact) mass is 171 g/mol. The van der Waals surface area contributed by atoms with Crippen molar-refractivity contribution in [3.05, 3.63) is 0 Å². The van der Waals surface area contributed by atoms with Crippen molar-refractivity contribution in [2.45, 2.75) is 32.1 Å². The van der Waals surface area contributed by atoms with Gasteiger partial charge in [0, 0.05) is 6.54 Å². The molecule has 2 heteroatoms. The first-order valence-corrected chi connectivity index (χ1v) is 5.14. The average molecular weight is 171 g/mol. The van der Waals surface area contributed by atoms with E-state index in [1.807, 2.05) is 0 Å². The lowest BCUT2D eigenvalue weighted by Gasteiger charge is -2.39. The highest BCUT2D eigenvalue weighted by Gasteiger charge is 2.42. The Kier molecular flexibility index (Phi) is 2.35. The fourth-order valence-corrected chi connectivity index (χ4v) is 2.94. The summed E-state index contributed by atoms with van der Waals surface area (Å²) in [5.74, 6) is 0.362. The van der Waals surface area contributed by atoms with Gasteiger partial charge in [-0.2, -0.15) is 0 Å². The van der Waals surface area contributed by atoms with Crippen LogP contribution in [-0.2, 0) is 0 Å². The minimum Gasteiger partial charge on any atom is -0.316 e. The van der Waals surface area contributed by atoms with Gasteiger partial charge >= 0.3 is 0 Å². The molecule has 0 aromatic rings. The van der Waals surface area contributed by atoms with E-state index in [2.05, 4.69) is 5.32 Å². The zero-order valence-corrected chi connectivity index (χ0v) is 7.61. The zero-order chi connectivity index (χ0) is 8.44. The molecule has 1 heterocycles. The van der Waals surface area contributed by atoms with Crippen LogP contribution in [-0.4, -0.2) is 19.8 Å². The summed E-state index contributed by atoms with van der Waals surface area (Å²) in [6, 6.07) is 0. The summed E-state index contributed by atoms with van der Waals surface area (Å²) in [5.41, 5.74) is 0.354. The van der Waals surface area contributed by atoms with Crippen molar-refractivity contribution in [2.24, 2.45) is 11.3 Å². The molecule has 2 atom stereocenters. The molecule has 1 aliphatic heterocycles. The number of alkyl halides is 1. The van der Waals surface area contributed by atoms with Crippen molar-refractivity contribution in [1.82, 2.24) is 5.32 Å². The zero-order valence-electron chi connectivity index (χ0n) is 7.61. The maximum absolute atomic E-state index is 12.7. The lowest BCUT2D eigenvalue weighted by Crippen LogP contribution is -2.36. The summed E-state index contributed by atoms with van der Waals surface area (Å²) in [6.45, 7) is 2.08. The SMILES string of the molecule is FCC1CCCCC12CCNC2. The second-order valence-corrected chi connectivity index (χ2v) is 4.39. The molecule has 2 rings (SSSR count). The molecule has 1 nitrogen and oxygen atoms in total. The minimum atomic E-state index is -0.0956. The van der Waals surface area contributed by atoms with Gasteiger partial charge in [-0.15, -0.1) is 0 Å². The summed E-state index contributed by atoms with van der Waals surface area (Å²) in [7, 11) is 0. The van der Waals surface area contributed by atoms with E-state index < -0.39 is 0 Å². The normalized spacial score (nSPS) is 42.2. The van der Waals surface area contributed by atoms with E-state index in [0.29, 0.717) is 11.3 Å². The molecule has 1 spiro atoms. The average Bonchev–Trinajstić information content (AvgIpc) is 2.55. The standard InChI is InChI=1S/C10H18FN/c11-7-9-3-1-2-4-10(9)5-6-12-8-10/h9,12H,1-8H2. The lowest BCUT2D eigenvalue weighted by molar-refractivity contribution is 0.0918. The number of halogens is 1. The topological polar surface area (TPSA) is 12.0 Å². The maximum atomic E-state index is 12.7. The Balaban J connectivity index is 2.07. The van der Waals surface area contributed by atoms with Crippen LogP contribution in [0.2, 0.25) is 0 Å². The van der Waals surface area contributed by atoms with Crippen LogP contribution >= 0.6 is 0 Å². The predicted octanol–water partition coefficient (Wildman–Crippen LogP) is 2.13. The third-order valence-corrected chi connectivity index (χ3v) is 3.81. The Labute approximate surface area is 73.7 Å². The molecule has 1 saturated heterocycles. The van der Waals surface area contributed by atoms with Gasteiger partial charge in [-0.05, 0) is 37.1 Å². The molecule has 70 valence electrons. The van der Waals surface area contributed by atoms with E-state index in [-0.39, 0.29) is 6.67 Å². The van der Waals surface area contributed by atoms with Gasteiger partial charge in [0.25, 0.3) is 0 Å². The van der Waals surface area contributed by atoms with E-state index >= 15 is 0 Å². The highest BCUT2D eigenvalue weighted by Crippen LogP contribution is 2.45. The van der Waals surface area contributed by atoms with Crippen molar-refractivity contribution in [3.63, 3.8) is 0 Å². The van der Waals surface area contributed by atoms with Gasteiger partial charge in [-0.25, -0.2) is 0 Å². The second kappa shape index (κ2) is 3.33. The molecule has 0 radical (unpaired) electrons. The van der Waals surface area contributed by atoms with Gasteiger partial charge in [0.1, 0.15) is 0 Å². The van der Waals surface area contributed by atoms with Crippen molar-refractivity contribution in [2.75, 3.05) is 19.8 Å². The predicted molar refractivity (Wildman–Crippen MR) is 47.9 cm³/mol. The first-order chi connectivity index (χ1) is 5.87. The van der Waals surface area contributed by atoms with Gasteiger partial charge in [-0.1, -0.05) is 12.8 Å². The minimum absolute atomic E-state index is 0.0956. The van der Waals surface area contributed by atoms with E-state index in [9.17, 15) is 4.39 Å². The molecule has 1 aliphatic carbocycles. The Hall–Kier alpha value is -0.110. The van der Waals surface area contributed by atoms with Crippen LogP contribution in [0.25, 0.3) is 0 Å². The van der Waals surface area contributed by atoms with Gasteiger partial charge in [0.2, 0.25) is 0 Å². The van der Waals surface area contributed by atoms with E-state index in [4.69, 9.17) is 0 Å². The van der Waals surface area contributed by atoms with Crippen LogP contribution in [0, 0.1) is 11.3 Å². The molecule has 2 unspecified atom stereocenters. The maximum Gasteiger partial charge on any atom is 0.0928 e. The molecule has 0 amide bonds. The molecule has 2 fully saturated rings. The number of nitrogens with one attached hydrogen (secondary N) is 1. The van der Waals surface area contributed by atoms with Crippen LogP contribution in [0.5, 0.6) is 0 Å². The fraction of sp³-hybridized carbons (Fsp3) is 1.00. The van der Waals surface area contributed by atoms with Gasteiger partial charge in [-0.3, -0.25) is 4.39 Å². The van der Waals surface area contributed by atoms with Crippen molar-refractivity contribution in [1.29, 1.82) is 0 Å². The summed E-state index contributed by atoms with van der Waals surface area (Å²) in [6.07, 6.45) is 6.16. The molecule has 0 aromatic carbocycles. The molecule has 1 saturated carbocycles. The van der Waals surface area contributed by atoms with Crippen molar-refractivity contribution in [3.8, 4) is 0 Å². The Morgan fingerprint density at radius 2 is 2.25 bits per heavy atom. The largest absolute Gasteiger partial charge is 0.316 e. The molecule has 2 aliphatic rings. The Morgan fingerprint density at radius 1 is 1.33 bits per heavy atom. The molecule has 12 heavy (non-hydrogen) atoms. The van der Waals surface area contributed by atoms with Crippen LogP contribution in [0.4, 0.5) is 4.39 Å². The third kappa shape index (κ3) is 1.26. The summed E-state index contributed by atoms with van der Waals surface area (Å²) < 4.78 is 12.7. The lowest BCUT2D eigenvalue weighted by atomic mass is 9.66. The van der Waals surface area contributed by atoms with Crippen LogP contribution in [0.3, 0.4) is 0 Å². The molecular weight excluding hydrogens is 153 g/mol. The molecule has 0 bridgehead atoms. The third-order valence-electron chi connectivity index (χ3n) is 3.81. The molecule has 0 aromatic heterocycles. The molecule has 1 N–H and O–H groups in total. The van der Waals surface area contributed by atoms with E-state index in [0.717, 1.165) is 19.5 Å². The summed E-state index contributed by atoms with van der Waals surface area (Å²) in [5, 5.41) is 3.38. The number of hydrogen-bond donors (Lipinski definition) is 1. The smallest absolute Gasteiger partial charge is 0.0928 e. The van der Waals surface area contributed by atoms with Crippen LogP contribution in [0.15, 0.2) is 0 Å². The number of hydrogen-bond acceptors (Lipinski definition) is 1. The van der Waals surface area contributed by atoms with Crippen molar-refractivity contribution >= 4 is 0 Å². The van der Waals surface area contributed by atoms with Gasteiger partial charge in [0.05, 0.1) is 6.67 Å². The van der Waals surface area contributed by atoms with Crippen LogP contribution in [0.1, 0.15) is 32.1 Å². The van der Waals surface area contributed by atoms with Gasteiger partial charge < -0.3 is 5.32 Å². The highest BCUT2D eigenvalue weighted by atomic mass is 19.1. The Morgan fingerprint density at radius 3 is 2.92 bits per heavy atom. The fourth-order valence-electron chi connectivity index (χ4n) is 2.94. The summed E-state index contributed by atoms with van der Waals surface area (Å²) in [4.78, 5) is 0. The van der Waals surface area contributed by atoms with Crippen LogP contribution < -0.4 is 5.32 Å². The second-order valence-electron chi connectivity index (χ2n) is 4.39. The van der Waals surface area contributed by atoms with Gasteiger partial charge in [0.15, 0.2) is 0 Å². The molecular formula is C10H18FN. The number of rotatable bonds is 1. The first-order valence-electron chi connectivity index (χ1n) is 5.14.